The summed E-state index contributed by atoms with van der Waals surface area (Å²) in [7, 11) is 0. The van der Waals surface area contributed by atoms with Crippen LogP contribution in [-0.2, 0) is 24.1 Å². The van der Waals surface area contributed by atoms with Gasteiger partial charge in [-0.15, -0.1) is 8.78 Å². The summed E-state index contributed by atoms with van der Waals surface area (Å²) in [6, 6.07) is 0. The third-order valence-electron chi connectivity index (χ3n) is 4.00. The van der Waals surface area contributed by atoms with Gasteiger partial charge < -0.3 is 15.2 Å². The second-order valence-electron chi connectivity index (χ2n) is 5.83. The van der Waals surface area contributed by atoms with E-state index in [9.17, 15) is 13.6 Å². The minimum Gasteiger partial charge on any atom is -0.395 e. The van der Waals surface area contributed by atoms with Crippen LogP contribution in [0.15, 0.2) is 0 Å². The topological polar surface area (TPSA) is 61.6 Å². The zero-order chi connectivity index (χ0) is 15.4. The molecule has 4 nitrogen and oxygen atoms in total. The first-order chi connectivity index (χ1) is 9.80. The van der Waals surface area contributed by atoms with E-state index in [1.165, 1.54) is 0 Å². The number of hydrogen-bond donors (Lipinski definition) is 1. The normalized spacial score (nSPS) is 18.1. The molecule has 0 unspecified atom stereocenters. The molecule has 0 radical (unpaired) electrons. The van der Waals surface area contributed by atoms with Gasteiger partial charge in [0.15, 0.2) is 11.5 Å². The van der Waals surface area contributed by atoms with E-state index in [2.05, 4.69) is 0 Å². The molecule has 114 valence electrons. The van der Waals surface area contributed by atoms with Gasteiger partial charge in [0.2, 0.25) is 5.91 Å². The van der Waals surface area contributed by atoms with Crippen LogP contribution in [0.2, 0.25) is 0 Å². The van der Waals surface area contributed by atoms with Crippen molar-refractivity contribution in [3.63, 3.8) is 0 Å². The number of primary amides is 1. The maximum atomic E-state index is 13.5. The molecule has 1 aliphatic heterocycles. The summed E-state index contributed by atoms with van der Waals surface area (Å²) in [5, 5.41) is 0. The number of ether oxygens (including phenoxy) is 2. The molecule has 1 heterocycles. The Morgan fingerprint density at radius 3 is 2.48 bits per heavy atom. The molecule has 0 saturated carbocycles. The summed E-state index contributed by atoms with van der Waals surface area (Å²) in [5.41, 5.74) is 8.35. The average Bonchev–Trinajstić information content (AvgIpc) is 2.90. The molecule has 0 saturated heterocycles. The van der Waals surface area contributed by atoms with Crippen LogP contribution < -0.4 is 15.2 Å². The second-order valence-corrected chi connectivity index (χ2v) is 5.83. The van der Waals surface area contributed by atoms with Gasteiger partial charge in [0.25, 0.3) is 0 Å². The molecule has 0 spiro atoms. The second kappa shape index (κ2) is 4.58. The summed E-state index contributed by atoms with van der Waals surface area (Å²) in [6.45, 7) is 3.75. The number of hydrogen-bond acceptors (Lipinski definition) is 3. The molecule has 21 heavy (non-hydrogen) atoms. The summed E-state index contributed by atoms with van der Waals surface area (Å²) in [6.07, 6.45) is -1.35. The maximum absolute atomic E-state index is 13.5. The summed E-state index contributed by atoms with van der Waals surface area (Å²) < 4.78 is 36.5. The van der Waals surface area contributed by atoms with Crippen molar-refractivity contribution >= 4 is 5.91 Å². The Morgan fingerprint density at radius 1 is 1.24 bits per heavy atom. The molecule has 3 rings (SSSR count). The smallest absolute Gasteiger partial charge is 0.395 e. The number of alkyl halides is 2. The Labute approximate surface area is 121 Å². The van der Waals surface area contributed by atoms with Gasteiger partial charge in [0.1, 0.15) is 0 Å². The molecule has 0 aromatic heterocycles. The quantitative estimate of drug-likeness (QED) is 0.933. The highest BCUT2D eigenvalue weighted by Gasteiger charge is 2.48. The van der Waals surface area contributed by atoms with Gasteiger partial charge in [-0.05, 0) is 36.3 Å². The zero-order valence-electron chi connectivity index (χ0n) is 12.0. The number of benzene rings is 1. The maximum Gasteiger partial charge on any atom is 0.586 e. The van der Waals surface area contributed by atoms with Crippen molar-refractivity contribution in [2.45, 2.75) is 51.7 Å². The fourth-order valence-corrected chi connectivity index (χ4v) is 3.34. The Balaban J connectivity index is 2.27. The fraction of sp³-hybridized carbons (Fsp3) is 0.533. The first-order valence-corrected chi connectivity index (χ1v) is 7.04. The molecular weight excluding hydrogens is 280 g/mol. The van der Waals surface area contributed by atoms with Gasteiger partial charge in [0, 0.05) is 11.1 Å². The fourth-order valence-electron chi connectivity index (χ4n) is 3.34. The van der Waals surface area contributed by atoms with Crippen LogP contribution in [-0.4, -0.2) is 12.2 Å². The van der Waals surface area contributed by atoms with Gasteiger partial charge >= 0.3 is 6.29 Å². The van der Waals surface area contributed by atoms with Gasteiger partial charge in [-0.2, -0.15) is 0 Å². The lowest BCUT2D eigenvalue weighted by molar-refractivity contribution is -0.287. The van der Waals surface area contributed by atoms with Crippen LogP contribution in [0.4, 0.5) is 8.78 Å². The van der Waals surface area contributed by atoms with Crippen LogP contribution in [0.1, 0.15) is 48.4 Å². The Morgan fingerprint density at radius 2 is 1.86 bits per heavy atom. The standard InChI is InChI=1S/C15H17F2NO3/c1-7(2)12-10(6-11(18)19)8-4-3-5-9(8)13-14(12)21-15(16,17)20-13/h7H,3-6H2,1-2H3,(H2,18,19). The molecule has 6 heteroatoms. The van der Waals surface area contributed by atoms with Crippen LogP contribution in [0.5, 0.6) is 11.5 Å². The number of halogens is 2. The lowest BCUT2D eigenvalue weighted by Crippen LogP contribution is -2.26. The molecule has 0 atom stereocenters. The molecule has 2 aliphatic rings. The summed E-state index contributed by atoms with van der Waals surface area (Å²) in [5.74, 6) is -0.329. The molecule has 0 bridgehead atoms. The van der Waals surface area contributed by atoms with E-state index in [1.807, 2.05) is 13.8 Å². The summed E-state index contributed by atoms with van der Waals surface area (Å²) in [4.78, 5) is 11.4. The van der Waals surface area contributed by atoms with Crippen LogP contribution >= 0.6 is 0 Å². The van der Waals surface area contributed by atoms with Crippen molar-refractivity contribution in [2.24, 2.45) is 5.73 Å². The number of carbonyl (C=O) groups is 1. The van der Waals surface area contributed by atoms with Crippen molar-refractivity contribution in [1.29, 1.82) is 0 Å². The SMILES string of the molecule is CC(C)c1c(CC(N)=O)c2c(c3c1OC(F)(F)O3)CCC2. The molecular formula is C15H17F2NO3. The highest BCUT2D eigenvalue weighted by Crippen LogP contribution is 2.52. The predicted molar refractivity (Wildman–Crippen MR) is 71.7 cm³/mol. The van der Waals surface area contributed by atoms with E-state index in [1.54, 1.807) is 0 Å². The minimum absolute atomic E-state index is 0.0397. The molecule has 2 N–H and O–H groups in total. The third kappa shape index (κ3) is 2.22. The predicted octanol–water partition coefficient (Wildman–Crippen LogP) is 2.65. The van der Waals surface area contributed by atoms with Crippen molar-refractivity contribution < 1.29 is 23.0 Å². The van der Waals surface area contributed by atoms with Crippen molar-refractivity contribution in [1.82, 2.24) is 0 Å². The molecule has 1 aliphatic carbocycles. The van der Waals surface area contributed by atoms with E-state index in [-0.39, 0.29) is 23.8 Å². The van der Waals surface area contributed by atoms with E-state index in [0.717, 1.165) is 29.5 Å². The van der Waals surface area contributed by atoms with Gasteiger partial charge in [-0.25, -0.2) is 0 Å². The number of fused-ring (bicyclic) bond motifs is 3. The molecule has 0 fully saturated rings. The monoisotopic (exact) mass is 297 g/mol. The van der Waals surface area contributed by atoms with Crippen molar-refractivity contribution in [2.75, 3.05) is 0 Å². The van der Waals surface area contributed by atoms with Crippen LogP contribution in [0.25, 0.3) is 0 Å². The van der Waals surface area contributed by atoms with Crippen molar-refractivity contribution in [3.05, 3.63) is 22.3 Å². The van der Waals surface area contributed by atoms with E-state index in [0.29, 0.717) is 12.0 Å². The average molecular weight is 297 g/mol. The third-order valence-corrected chi connectivity index (χ3v) is 4.00. The molecule has 1 aromatic carbocycles. The number of amides is 1. The first-order valence-electron chi connectivity index (χ1n) is 7.04. The number of rotatable bonds is 3. The Bertz CT molecular complexity index is 626. The molecule has 1 aromatic rings. The van der Waals surface area contributed by atoms with E-state index < -0.39 is 12.2 Å². The van der Waals surface area contributed by atoms with E-state index >= 15 is 0 Å². The largest absolute Gasteiger partial charge is 0.586 e. The number of carbonyl (C=O) groups excluding carboxylic acids is 1. The van der Waals surface area contributed by atoms with Gasteiger partial charge in [-0.3, -0.25) is 4.79 Å². The first kappa shape index (κ1) is 14.1. The highest BCUT2D eigenvalue weighted by molar-refractivity contribution is 5.79. The van der Waals surface area contributed by atoms with Crippen molar-refractivity contribution in [3.8, 4) is 11.5 Å². The highest BCUT2D eigenvalue weighted by atomic mass is 19.3. The summed E-state index contributed by atoms with van der Waals surface area (Å²) >= 11 is 0. The van der Waals surface area contributed by atoms with Gasteiger partial charge in [-0.1, -0.05) is 13.8 Å². The number of nitrogens with two attached hydrogens (primary N) is 1. The van der Waals surface area contributed by atoms with Gasteiger partial charge in [0.05, 0.1) is 6.42 Å². The Hall–Kier alpha value is -1.85. The van der Waals surface area contributed by atoms with E-state index in [4.69, 9.17) is 15.2 Å². The lowest BCUT2D eigenvalue weighted by Gasteiger charge is -2.19. The molecule has 1 amide bonds. The Kier molecular flexibility index (Phi) is 3.07. The van der Waals surface area contributed by atoms with Crippen LogP contribution in [0, 0.1) is 0 Å². The van der Waals surface area contributed by atoms with Crippen LogP contribution in [0.3, 0.4) is 0 Å². The minimum atomic E-state index is -3.65. The lowest BCUT2D eigenvalue weighted by atomic mass is 9.87. The zero-order valence-corrected chi connectivity index (χ0v) is 12.0.